The fourth-order valence-corrected chi connectivity index (χ4v) is 2.32. The van der Waals surface area contributed by atoms with E-state index in [1.807, 2.05) is 0 Å². The summed E-state index contributed by atoms with van der Waals surface area (Å²) in [6.45, 7) is -0.840. The van der Waals surface area contributed by atoms with E-state index >= 15 is 0 Å². The van der Waals surface area contributed by atoms with E-state index in [0.29, 0.717) is 0 Å². The van der Waals surface area contributed by atoms with Crippen molar-refractivity contribution in [2.24, 2.45) is 11.8 Å². The molecular weight excluding hydrogens is 280 g/mol. The standard InChI is InChI=1S/C18H22O4/c19-11-15(7-13-3-1-5-17(21)9-13)16(12-20)8-14-4-2-6-18(22)10-14/h1-6,9-10,15-16,19-22H,7-8,11-12H2/t15-,16-/m1/s1/i3D,4D,5D,6D,9D,10D. The van der Waals surface area contributed by atoms with Crippen LogP contribution in [-0.4, -0.2) is 33.6 Å². The Balaban J connectivity index is 2.36. The summed E-state index contributed by atoms with van der Waals surface area (Å²) in [7, 11) is 0. The molecule has 4 N–H and O–H groups in total. The zero-order valence-electron chi connectivity index (χ0n) is 17.9. The van der Waals surface area contributed by atoms with Crippen LogP contribution in [-0.2, 0) is 12.8 Å². The Morgan fingerprint density at radius 3 is 1.55 bits per heavy atom. The fourth-order valence-electron chi connectivity index (χ4n) is 2.32. The highest BCUT2D eigenvalue weighted by Gasteiger charge is 2.21. The van der Waals surface area contributed by atoms with Crippen LogP contribution in [0.25, 0.3) is 0 Å². The van der Waals surface area contributed by atoms with E-state index in [1.54, 1.807) is 0 Å². The van der Waals surface area contributed by atoms with Gasteiger partial charge in [-0.1, -0.05) is 24.2 Å². The summed E-state index contributed by atoms with van der Waals surface area (Å²) in [5.74, 6) is -2.46. The van der Waals surface area contributed by atoms with Crippen molar-refractivity contribution < 1.29 is 28.7 Å². The van der Waals surface area contributed by atoms with Crippen LogP contribution in [0.3, 0.4) is 0 Å². The molecule has 0 bridgehead atoms. The molecule has 0 saturated heterocycles. The molecule has 0 saturated carbocycles. The molecule has 2 aromatic carbocycles. The first-order valence-corrected chi connectivity index (χ1v) is 6.91. The van der Waals surface area contributed by atoms with E-state index in [9.17, 15) is 20.4 Å². The number of aliphatic hydroxyl groups is 2. The molecule has 22 heavy (non-hydrogen) atoms. The number of rotatable bonds is 7. The largest absolute Gasteiger partial charge is 0.508 e. The Hall–Kier alpha value is -2.04. The molecule has 0 amide bonds. The summed E-state index contributed by atoms with van der Waals surface area (Å²) < 4.78 is 46.8. The van der Waals surface area contributed by atoms with Crippen molar-refractivity contribution in [1.82, 2.24) is 0 Å². The van der Waals surface area contributed by atoms with E-state index in [2.05, 4.69) is 0 Å². The summed E-state index contributed by atoms with van der Waals surface area (Å²) in [4.78, 5) is 0. The van der Waals surface area contributed by atoms with Crippen LogP contribution in [0.15, 0.2) is 48.4 Å². The monoisotopic (exact) mass is 308 g/mol. The van der Waals surface area contributed by atoms with Crippen LogP contribution in [0.2, 0.25) is 0 Å². The third kappa shape index (κ3) is 4.48. The Kier molecular flexibility index (Phi) is 3.51. The maximum atomic E-state index is 9.80. The van der Waals surface area contributed by atoms with Crippen LogP contribution in [0.5, 0.6) is 11.5 Å². The molecule has 0 aliphatic rings. The lowest BCUT2D eigenvalue weighted by Crippen LogP contribution is -2.26. The fraction of sp³-hybridized carbons (Fsp3) is 0.333. The summed E-state index contributed by atoms with van der Waals surface area (Å²) >= 11 is 0. The second-order valence-electron chi connectivity index (χ2n) is 5.06. The Morgan fingerprint density at radius 2 is 1.18 bits per heavy atom. The van der Waals surface area contributed by atoms with Gasteiger partial charge in [0.15, 0.2) is 0 Å². The van der Waals surface area contributed by atoms with Gasteiger partial charge in [0, 0.05) is 13.2 Å². The number of aliphatic hydroxyl groups excluding tert-OH is 2. The van der Waals surface area contributed by atoms with Gasteiger partial charge >= 0.3 is 0 Å². The van der Waals surface area contributed by atoms with E-state index in [0.717, 1.165) is 12.1 Å². The number of phenolic OH excluding ortho intramolecular Hbond substituents is 2. The van der Waals surface area contributed by atoms with Gasteiger partial charge in [0.1, 0.15) is 11.5 Å². The summed E-state index contributed by atoms with van der Waals surface area (Å²) in [6.07, 6.45) is -0.0627. The molecule has 4 nitrogen and oxygen atoms in total. The smallest absolute Gasteiger partial charge is 0.115 e. The molecule has 2 aromatic rings. The van der Waals surface area contributed by atoms with Gasteiger partial charge in [-0.25, -0.2) is 0 Å². The quantitative estimate of drug-likeness (QED) is 0.631. The van der Waals surface area contributed by atoms with Gasteiger partial charge in [-0.15, -0.1) is 0 Å². The van der Waals surface area contributed by atoms with Gasteiger partial charge < -0.3 is 20.4 Å². The molecule has 0 unspecified atom stereocenters. The number of hydrogen-bond acceptors (Lipinski definition) is 4. The number of phenols is 2. The number of benzene rings is 2. The van der Waals surface area contributed by atoms with Crippen LogP contribution < -0.4 is 0 Å². The molecule has 4 heteroatoms. The minimum Gasteiger partial charge on any atom is -0.508 e. The summed E-state index contributed by atoms with van der Waals surface area (Å²) in [6, 6.07) is 0.462. The number of hydrogen-bond donors (Lipinski definition) is 4. The highest BCUT2D eigenvalue weighted by Crippen LogP contribution is 2.24. The maximum Gasteiger partial charge on any atom is 0.115 e. The van der Waals surface area contributed by atoms with Crippen molar-refractivity contribution in [3.05, 3.63) is 59.5 Å². The highest BCUT2D eigenvalue weighted by molar-refractivity contribution is 5.29. The molecular formula is C18H22O4. The topological polar surface area (TPSA) is 80.9 Å². The average Bonchev–Trinajstić information content (AvgIpc) is 2.65. The first kappa shape index (κ1) is 9.87. The Bertz CT molecular complexity index is 803. The first-order valence-electron chi connectivity index (χ1n) is 9.91. The molecule has 2 rings (SSSR count). The van der Waals surface area contributed by atoms with Crippen LogP contribution >= 0.6 is 0 Å². The van der Waals surface area contributed by atoms with Crippen molar-refractivity contribution in [2.45, 2.75) is 12.8 Å². The van der Waals surface area contributed by atoms with Gasteiger partial charge in [-0.3, -0.25) is 0 Å². The van der Waals surface area contributed by atoms with Gasteiger partial charge in [-0.2, -0.15) is 0 Å². The second kappa shape index (κ2) is 7.82. The number of aromatic hydroxyl groups is 2. The van der Waals surface area contributed by atoms with Crippen molar-refractivity contribution in [2.75, 3.05) is 13.2 Å². The third-order valence-corrected chi connectivity index (χ3v) is 3.52. The molecule has 0 aliphatic carbocycles. The maximum absolute atomic E-state index is 9.80. The first-order chi connectivity index (χ1) is 13.1. The zero-order valence-corrected chi connectivity index (χ0v) is 11.9. The molecule has 0 spiro atoms. The normalized spacial score (nSPS) is 17.5. The molecule has 2 atom stereocenters. The predicted molar refractivity (Wildman–Crippen MR) is 84.8 cm³/mol. The average molecular weight is 308 g/mol. The van der Waals surface area contributed by atoms with Gasteiger partial charge in [0.05, 0.1) is 8.22 Å². The molecule has 118 valence electrons. The van der Waals surface area contributed by atoms with Crippen LogP contribution in [0, 0.1) is 11.8 Å². The lowest BCUT2D eigenvalue weighted by atomic mass is 9.83. The van der Waals surface area contributed by atoms with Crippen molar-refractivity contribution >= 4 is 0 Å². The van der Waals surface area contributed by atoms with Crippen molar-refractivity contribution in [1.29, 1.82) is 0 Å². The van der Waals surface area contributed by atoms with E-state index in [-0.39, 0.29) is 60.2 Å². The van der Waals surface area contributed by atoms with Crippen molar-refractivity contribution in [3.63, 3.8) is 0 Å². The predicted octanol–water partition coefficient (Wildman–Crippen LogP) is 2.10. The minimum absolute atomic E-state index is 0.0313. The molecule has 0 heterocycles. The summed E-state index contributed by atoms with van der Waals surface area (Å²) in [5.41, 5.74) is 0.236. The van der Waals surface area contributed by atoms with Gasteiger partial charge in [0.25, 0.3) is 0 Å². The molecule has 0 aliphatic heterocycles. The Morgan fingerprint density at radius 1 is 0.773 bits per heavy atom. The van der Waals surface area contributed by atoms with E-state index in [1.165, 1.54) is 0 Å². The summed E-state index contributed by atoms with van der Waals surface area (Å²) in [5, 5.41) is 39.2. The van der Waals surface area contributed by atoms with E-state index < -0.39 is 36.5 Å². The lowest BCUT2D eigenvalue weighted by molar-refractivity contribution is 0.119. The second-order valence-corrected chi connectivity index (χ2v) is 5.06. The molecule has 0 aromatic heterocycles. The van der Waals surface area contributed by atoms with Crippen LogP contribution in [0.4, 0.5) is 0 Å². The third-order valence-electron chi connectivity index (χ3n) is 3.52. The van der Waals surface area contributed by atoms with Crippen molar-refractivity contribution in [3.8, 4) is 11.5 Å². The zero-order chi connectivity index (χ0) is 21.2. The van der Waals surface area contributed by atoms with E-state index in [4.69, 9.17) is 8.22 Å². The lowest BCUT2D eigenvalue weighted by Gasteiger charge is -2.24. The minimum atomic E-state index is -0.661. The highest BCUT2D eigenvalue weighted by atomic mass is 16.3. The molecule has 0 radical (unpaired) electrons. The van der Waals surface area contributed by atoms with Gasteiger partial charge in [-0.05, 0) is 60.0 Å². The van der Waals surface area contributed by atoms with Gasteiger partial charge in [0.2, 0.25) is 0 Å². The SMILES string of the molecule is [2H]c1cc([2H])c(C[C@H](CO)[C@@H](CO)Cc2c([2H])cc([2H])c(O)c2[2H])c([2H])c1O. The Labute approximate surface area is 138 Å². The van der Waals surface area contributed by atoms with Crippen LogP contribution in [0.1, 0.15) is 19.4 Å². The molecule has 0 fully saturated rings.